The van der Waals surface area contributed by atoms with Crippen molar-refractivity contribution in [2.24, 2.45) is 5.73 Å². The summed E-state index contributed by atoms with van der Waals surface area (Å²) in [6, 6.07) is 1.98. The molecule has 4 nitrogen and oxygen atoms in total. The summed E-state index contributed by atoms with van der Waals surface area (Å²) < 4.78 is 1.85. The lowest BCUT2D eigenvalue weighted by Gasteiger charge is -2.07. The van der Waals surface area contributed by atoms with Gasteiger partial charge in [0.2, 0.25) is 0 Å². The monoisotopic (exact) mass is 216 g/mol. The van der Waals surface area contributed by atoms with E-state index in [-0.39, 0.29) is 5.54 Å². The second-order valence-electron chi connectivity index (χ2n) is 4.91. The molecule has 0 amide bonds. The third-order valence-corrected chi connectivity index (χ3v) is 3.29. The Kier molecular flexibility index (Phi) is 2.01. The molecule has 0 spiro atoms. The molecule has 0 saturated heterocycles. The zero-order chi connectivity index (χ0) is 11.2. The van der Waals surface area contributed by atoms with Crippen molar-refractivity contribution in [3.63, 3.8) is 0 Å². The third-order valence-electron chi connectivity index (χ3n) is 3.29. The van der Waals surface area contributed by atoms with Crippen LogP contribution in [-0.4, -0.2) is 20.1 Å². The Labute approximate surface area is 94.5 Å². The van der Waals surface area contributed by atoms with Crippen molar-refractivity contribution < 1.29 is 0 Å². The topological polar surface area (TPSA) is 56.2 Å². The summed E-state index contributed by atoms with van der Waals surface area (Å²) in [4.78, 5) is 4.38. The fraction of sp³-hybridized carbons (Fsp3) is 0.500. The SMILES string of the molecule is Cc1cc2ncc(CCC3(N)CC3)cn2n1. The summed E-state index contributed by atoms with van der Waals surface area (Å²) in [6.07, 6.45) is 8.38. The van der Waals surface area contributed by atoms with E-state index in [2.05, 4.69) is 16.3 Å². The van der Waals surface area contributed by atoms with Crippen LogP contribution in [0.1, 0.15) is 30.5 Å². The molecule has 1 aliphatic carbocycles. The number of hydrogen-bond acceptors (Lipinski definition) is 3. The lowest BCUT2D eigenvalue weighted by molar-refractivity contribution is 0.606. The highest BCUT2D eigenvalue weighted by Gasteiger charge is 2.37. The molecule has 4 heteroatoms. The first kappa shape index (κ1) is 9.78. The second-order valence-corrected chi connectivity index (χ2v) is 4.91. The molecule has 84 valence electrons. The molecule has 1 fully saturated rings. The van der Waals surface area contributed by atoms with Crippen LogP contribution in [0, 0.1) is 6.92 Å². The van der Waals surface area contributed by atoms with Crippen LogP contribution >= 0.6 is 0 Å². The lowest BCUT2D eigenvalue weighted by Crippen LogP contribution is -2.22. The molecule has 2 aromatic rings. The molecule has 0 bridgehead atoms. The standard InChI is InChI=1S/C12H16N4/c1-9-6-11-14-7-10(8-16(11)15-9)2-3-12(13)4-5-12/h6-8H,2-5,13H2,1H3. The van der Waals surface area contributed by atoms with E-state index in [1.807, 2.05) is 23.7 Å². The smallest absolute Gasteiger partial charge is 0.155 e. The maximum atomic E-state index is 6.07. The van der Waals surface area contributed by atoms with Gasteiger partial charge >= 0.3 is 0 Å². The Morgan fingerprint density at radius 2 is 2.31 bits per heavy atom. The Hall–Kier alpha value is -1.42. The first-order valence-electron chi connectivity index (χ1n) is 5.74. The fourth-order valence-electron chi connectivity index (χ4n) is 1.97. The molecule has 2 aromatic heterocycles. The van der Waals surface area contributed by atoms with E-state index < -0.39 is 0 Å². The van der Waals surface area contributed by atoms with Gasteiger partial charge in [-0.1, -0.05) is 0 Å². The number of aromatic nitrogens is 3. The van der Waals surface area contributed by atoms with E-state index in [4.69, 9.17) is 5.73 Å². The van der Waals surface area contributed by atoms with E-state index in [1.165, 1.54) is 18.4 Å². The molecular weight excluding hydrogens is 200 g/mol. The molecule has 2 N–H and O–H groups in total. The molecular formula is C12H16N4. The molecule has 16 heavy (non-hydrogen) atoms. The number of hydrogen-bond donors (Lipinski definition) is 1. The zero-order valence-corrected chi connectivity index (χ0v) is 9.48. The Morgan fingerprint density at radius 3 is 3.06 bits per heavy atom. The van der Waals surface area contributed by atoms with Crippen LogP contribution in [0.2, 0.25) is 0 Å². The van der Waals surface area contributed by atoms with Crippen LogP contribution in [0.25, 0.3) is 5.65 Å². The van der Waals surface area contributed by atoms with Gasteiger partial charge in [0.25, 0.3) is 0 Å². The van der Waals surface area contributed by atoms with Gasteiger partial charge in [-0.15, -0.1) is 0 Å². The van der Waals surface area contributed by atoms with Gasteiger partial charge in [-0.25, -0.2) is 9.50 Å². The van der Waals surface area contributed by atoms with Gasteiger partial charge < -0.3 is 5.73 Å². The van der Waals surface area contributed by atoms with Gasteiger partial charge in [0.15, 0.2) is 5.65 Å². The van der Waals surface area contributed by atoms with Crippen LogP contribution in [-0.2, 0) is 6.42 Å². The normalized spacial score (nSPS) is 17.9. The van der Waals surface area contributed by atoms with E-state index in [9.17, 15) is 0 Å². The Balaban J connectivity index is 1.81. The lowest BCUT2D eigenvalue weighted by atomic mass is 10.1. The van der Waals surface area contributed by atoms with Crippen LogP contribution in [0.15, 0.2) is 18.5 Å². The zero-order valence-electron chi connectivity index (χ0n) is 9.48. The van der Waals surface area contributed by atoms with E-state index in [0.29, 0.717) is 0 Å². The van der Waals surface area contributed by atoms with Crippen molar-refractivity contribution in [1.82, 2.24) is 14.6 Å². The number of aryl methyl sites for hydroxylation is 2. The highest BCUT2D eigenvalue weighted by atomic mass is 15.2. The van der Waals surface area contributed by atoms with Crippen LogP contribution < -0.4 is 5.73 Å². The quantitative estimate of drug-likeness (QED) is 0.845. The summed E-state index contributed by atoms with van der Waals surface area (Å²) in [6.45, 7) is 1.98. The maximum absolute atomic E-state index is 6.07. The minimum absolute atomic E-state index is 0.120. The summed E-state index contributed by atoms with van der Waals surface area (Å²) in [7, 11) is 0. The minimum atomic E-state index is 0.120. The molecule has 1 saturated carbocycles. The first-order valence-corrected chi connectivity index (χ1v) is 5.74. The van der Waals surface area contributed by atoms with Crippen LogP contribution in [0.4, 0.5) is 0 Å². The number of rotatable bonds is 3. The third kappa shape index (κ3) is 1.80. The molecule has 2 heterocycles. The van der Waals surface area contributed by atoms with Crippen molar-refractivity contribution in [2.45, 2.75) is 38.1 Å². The molecule has 3 rings (SSSR count). The maximum Gasteiger partial charge on any atom is 0.155 e. The predicted octanol–water partition coefficient (Wildman–Crippen LogP) is 1.46. The van der Waals surface area contributed by atoms with Gasteiger partial charge in [0, 0.05) is 24.0 Å². The Morgan fingerprint density at radius 1 is 1.50 bits per heavy atom. The average molecular weight is 216 g/mol. The van der Waals surface area contributed by atoms with Crippen LogP contribution in [0.3, 0.4) is 0 Å². The molecule has 0 unspecified atom stereocenters. The highest BCUT2D eigenvalue weighted by Crippen LogP contribution is 2.36. The summed E-state index contributed by atoms with van der Waals surface area (Å²) in [5.74, 6) is 0. The van der Waals surface area contributed by atoms with Crippen molar-refractivity contribution in [3.8, 4) is 0 Å². The minimum Gasteiger partial charge on any atom is -0.325 e. The molecule has 0 atom stereocenters. The van der Waals surface area contributed by atoms with E-state index in [1.54, 1.807) is 0 Å². The van der Waals surface area contributed by atoms with Crippen molar-refractivity contribution in [3.05, 3.63) is 29.7 Å². The predicted molar refractivity (Wildman–Crippen MR) is 62.2 cm³/mol. The largest absolute Gasteiger partial charge is 0.325 e. The number of fused-ring (bicyclic) bond motifs is 1. The van der Waals surface area contributed by atoms with Crippen LogP contribution in [0.5, 0.6) is 0 Å². The second kappa shape index (κ2) is 3.28. The summed E-state index contributed by atoms with van der Waals surface area (Å²) >= 11 is 0. The number of nitrogens with zero attached hydrogens (tertiary/aromatic N) is 3. The van der Waals surface area contributed by atoms with Crippen molar-refractivity contribution >= 4 is 5.65 Å². The highest BCUT2D eigenvalue weighted by molar-refractivity contribution is 5.38. The fourth-order valence-corrected chi connectivity index (χ4v) is 1.97. The Bertz CT molecular complexity index is 525. The van der Waals surface area contributed by atoms with Gasteiger partial charge in [-0.05, 0) is 38.2 Å². The molecule has 1 aliphatic rings. The van der Waals surface area contributed by atoms with E-state index in [0.717, 1.165) is 24.2 Å². The average Bonchev–Trinajstić information content (AvgIpc) is 2.87. The van der Waals surface area contributed by atoms with Gasteiger partial charge in [-0.3, -0.25) is 0 Å². The van der Waals surface area contributed by atoms with Gasteiger partial charge in [-0.2, -0.15) is 5.10 Å². The molecule has 0 aliphatic heterocycles. The number of nitrogens with two attached hydrogens (primary N) is 1. The molecule has 0 aromatic carbocycles. The van der Waals surface area contributed by atoms with Crippen molar-refractivity contribution in [2.75, 3.05) is 0 Å². The van der Waals surface area contributed by atoms with E-state index >= 15 is 0 Å². The summed E-state index contributed by atoms with van der Waals surface area (Å²) in [5, 5.41) is 4.36. The summed E-state index contributed by atoms with van der Waals surface area (Å²) in [5.41, 5.74) is 9.32. The van der Waals surface area contributed by atoms with Gasteiger partial charge in [0.05, 0.1) is 5.69 Å². The van der Waals surface area contributed by atoms with Gasteiger partial charge in [0.1, 0.15) is 0 Å². The first-order chi connectivity index (χ1) is 7.65. The molecule has 0 radical (unpaired) electrons. The van der Waals surface area contributed by atoms with Crippen molar-refractivity contribution in [1.29, 1.82) is 0 Å².